The van der Waals surface area contributed by atoms with Crippen LogP contribution in [0.4, 0.5) is 17.2 Å². The molecule has 138 valence electrons. The lowest BCUT2D eigenvalue weighted by molar-refractivity contribution is 0.102. The summed E-state index contributed by atoms with van der Waals surface area (Å²) < 4.78 is 5.72. The zero-order valence-electron chi connectivity index (χ0n) is 15.6. The second kappa shape index (κ2) is 8.31. The van der Waals surface area contributed by atoms with Crippen LogP contribution in [0.3, 0.4) is 0 Å². The van der Waals surface area contributed by atoms with Crippen LogP contribution in [0, 0.1) is 6.92 Å². The zero-order valence-corrected chi connectivity index (χ0v) is 15.6. The van der Waals surface area contributed by atoms with Crippen molar-refractivity contribution in [3.63, 3.8) is 0 Å². The second-order valence-corrected chi connectivity index (χ2v) is 6.42. The van der Waals surface area contributed by atoms with Gasteiger partial charge in [-0.25, -0.2) is 0 Å². The summed E-state index contributed by atoms with van der Waals surface area (Å²) in [5.74, 6) is 0.844. The molecule has 0 atom stereocenters. The molecule has 0 bridgehead atoms. The molecule has 2 N–H and O–H groups in total. The lowest BCUT2D eigenvalue weighted by Crippen LogP contribution is -2.16. The van der Waals surface area contributed by atoms with Crippen LogP contribution in [0.1, 0.15) is 29.9 Å². The molecule has 6 nitrogen and oxygen atoms in total. The maximum Gasteiger partial charge on any atom is 0.276 e. The van der Waals surface area contributed by atoms with Crippen molar-refractivity contribution in [2.45, 2.75) is 26.9 Å². The number of para-hydroxylation sites is 2. The van der Waals surface area contributed by atoms with Gasteiger partial charge in [-0.05, 0) is 62.7 Å². The molecule has 3 rings (SSSR count). The van der Waals surface area contributed by atoms with Gasteiger partial charge in [-0.3, -0.25) is 4.79 Å². The summed E-state index contributed by atoms with van der Waals surface area (Å²) in [6.07, 6.45) is 0.00910. The molecule has 0 unspecified atom stereocenters. The molecule has 0 aliphatic heterocycles. The molecule has 2 aromatic carbocycles. The molecular formula is C21H22N4O2. The third kappa shape index (κ3) is 5.04. The van der Waals surface area contributed by atoms with Crippen molar-refractivity contribution in [2.75, 3.05) is 10.6 Å². The number of aryl methyl sites for hydroxylation is 1. The molecule has 0 aliphatic rings. The van der Waals surface area contributed by atoms with Gasteiger partial charge < -0.3 is 15.4 Å². The van der Waals surface area contributed by atoms with E-state index in [4.69, 9.17) is 4.74 Å². The Bertz CT molecular complexity index is 923. The first-order valence-electron chi connectivity index (χ1n) is 8.76. The average molecular weight is 362 g/mol. The van der Waals surface area contributed by atoms with Crippen molar-refractivity contribution in [3.05, 3.63) is 71.9 Å². The number of carbonyl (C=O) groups excluding carboxylic acids is 1. The van der Waals surface area contributed by atoms with Gasteiger partial charge in [0, 0.05) is 5.69 Å². The fourth-order valence-corrected chi connectivity index (χ4v) is 2.50. The van der Waals surface area contributed by atoms with Crippen LogP contribution in [0.2, 0.25) is 0 Å². The predicted octanol–water partition coefficient (Wildman–Crippen LogP) is 4.57. The molecule has 27 heavy (non-hydrogen) atoms. The fraction of sp³-hybridized carbons (Fsp3) is 0.190. The van der Waals surface area contributed by atoms with Crippen LogP contribution >= 0.6 is 0 Å². The Morgan fingerprint density at radius 3 is 2.52 bits per heavy atom. The van der Waals surface area contributed by atoms with E-state index < -0.39 is 0 Å². The summed E-state index contributed by atoms with van der Waals surface area (Å²) >= 11 is 0. The van der Waals surface area contributed by atoms with Crippen LogP contribution in [0.25, 0.3) is 0 Å². The van der Waals surface area contributed by atoms with Crippen molar-refractivity contribution in [2.24, 2.45) is 0 Å². The van der Waals surface area contributed by atoms with Crippen LogP contribution in [-0.2, 0) is 0 Å². The van der Waals surface area contributed by atoms with Gasteiger partial charge in [-0.15, -0.1) is 10.2 Å². The van der Waals surface area contributed by atoms with Gasteiger partial charge in [-0.2, -0.15) is 0 Å². The summed E-state index contributed by atoms with van der Waals surface area (Å²) in [7, 11) is 0. The highest BCUT2D eigenvalue weighted by Gasteiger charge is 2.12. The van der Waals surface area contributed by atoms with Gasteiger partial charge in [0.1, 0.15) is 5.75 Å². The first kappa shape index (κ1) is 18.4. The van der Waals surface area contributed by atoms with E-state index in [0.29, 0.717) is 17.3 Å². The Morgan fingerprint density at radius 2 is 1.81 bits per heavy atom. The minimum atomic E-state index is -0.343. The minimum absolute atomic E-state index is 0.00910. The van der Waals surface area contributed by atoms with E-state index in [1.807, 2.05) is 63.2 Å². The molecule has 6 heteroatoms. The molecule has 3 aromatic rings. The number of ether oxygens (including phenoxy) is 1. The second-order valence-electron chi connectivity index (χ2n) is 6.42. The third-order valence-corrected chi connectivity index (χ3v) is 3.69. The third-order valence-electron chi connectivity index (χ3n) is 3.69. The highest BCUT2D eigenvalue weighted by molar-refractivity contribution is 6.03. The van der Waals surface area contributed by atoms with Crippen LogP contribution in [0.15, 0.2) is 60.7 Å². The minimum Gasteiger partial charge on any atom is -0.489 e. The number of benzene rings is 2. The monoisotopic (exact) mass is 362 g/mol. The van der Waals surface area contributed by atoms with E-state index in [1.165, 1.54) is 0 Å². The molecule has 0 fully saturated rings. The van der Waals surface area contributed by atoms with Crippen molar-refractivity contribution < 1.29 is 9.53 Å². The van der Waals surface area contributed by atoms with E-state index in [9.17, 15) is 4.79 Å². The summed E-state index contributed by atoms with van der Waals surface area (Å²) in [5, 5.41) is 14.1. The first-order chi connectivity index (χ1) is 13.0. The first-order valence-corrected chi connectivity index (χ1v) is 8.76. The lowest BCUT2D eigenvalue weighted by Gasteiger charge is -2.14. The Balaban J connectivity index is 1.69. The molecule has 1 amide bonds. The molecule has 0 saturated heterocycles. The fourth-order valence-electron chi connectivity index (χ4n) is 2.50. The highest BCUT2D eigenvalue weighted by Crippen LogP contribution is 2.25. The van der Waals surface area contributed by atoms with E-state index in [1.54, 1.807) is 18.2 Å². The maximum atomic E-state index is 12.5. The standard InChI is InChI=1S/C21H22N4O2/c1-14(2)27-19-10-5-4-9-17(19)23-21(26)18-11-12-20(25-24-18)22-16-8-6-7-15(3)13-16/h4-14H,1-3H3,(H,22,25)(H,23,26). The number of hydrogen-bond acceptors (Lipinski definition) is 5. The van der Waals surface area contributed by atoms with Gasteiger partial charge >= 0.3 is 0 Å². The van der Waals surface area contributed by atoms with Crippen LogP contribution < -0.4 is 15.4 Å². The summed E-state index contributed by atoms with van der Waals surface area (Å²) in [4.78, 5) is 12.5. The molecule has 0 saturated carbocycles. The van der Waals surface area contributed by atoms with E-state index in [2.05, 4.69) is 20.8 Å². The van der Waals surface area contributed by atoms with E-state index in [0.717, 1.165) is 11.3 Å². The number of aromatic nitrogens is 2. The lowest BCUT2D eigenvalue weighted by atomic mass is 10.2. The normalized spacial score (nSPS) is 10.5. The number of amides is 1. The molecule has 0 aliphatic carbocycles. The smallest absolute Gasteiger partial charge is 0.276 e. The van der Waals surface area contributed by atoms with E-state index in [-0.39, 0.29) is 17.7 Å². The number of anilines is 3. The molecule has 0 radical (unpaired) electrons. The number of rotatable bonds is 6. The van der Waals surface area contributed by atoms with Gasteiger partial charge in [0.2, 0.25) is 0 Å². The van der Waals surface area contributed by atoms with Gasteiger partial charge in [-0.1, -0.05) is 24.3 Å². The predicted molar refractivity (Wildman–Crippen MR) is 107 cm³/mol. The Kier molecular flexibility index (Phi) is 5.66. The maximum absolute atomic E-state index is 12.5. The SMILES string of the molecule is Cc1cccc(Nc2ccc(C(=O)Nc3ccccc3OC(C)C)nn2)c1. The number of nitrogens with one attached hydrogen (secondary N) is 2. The Hall–Kier alpha value is -3.41. The van der Waals surface area contributed by atoms with Gasteiger partial charge in [0.05, 0.1) is 11.8 Å². The Morgan fingerprint density at radius 1 is 1.00 bits per heavy atom. The van der Waals surface area contributed by atoms with E-state index >= 15 is 0 Å². The molecule has 1 aromatic heterocycles. The number of carbonyl (C=O) groups is 1. The summed E-state index contributed by atoms with van der Waals surface area (Å²) in [6.45, 7) is 5.89. The van der Waals surface area contributed by atoms with Crippen LogP contribution in [-0.4, -0.2) is 22.2 Å². The summed E-state index contributed by atoms with van der Waals surface area (Å²) in [6, 6.07) is 18.6. The van der Waals surface area contributed by atoms with Crippen molar-refractivity contribution in [3.8, 4) is 5.75 Å². The highest BCUT2D eigenvalue weighted by atomic mass is 16.5. The summed E-state index contributed by atoms with van der Waals surface area (Å²) in [5.41, 5.74) is 2.89. The number of hydrogen-bond donors (Lipinski definition) is 2. The quantitative estimate of drug-likeness (QED) is 0.672. The molecule has 1 heterocycles. The largest absolute Gasteiger partial charge is 0.489 e. The molecule has 0 spiro atoms. The van der Waals surface area contributed by atoms with Crippen molar-refractivity contribution in [1.82, 2.24) is 10.2 Å². The molecular weight excluding hydrogens is 340 g/mol. The van der Waals surface area contributed by atoms with Gasteiger partial charge in [0.25, 0.3) is 5.91 Å². The zero-order chi connectivity index (χ0) is 19.2. The topological polar surface area (TPSA) is 76.1 Å². The Labute approximate surface area is 158 Å². The van der Waals surface area contributed by atoms with Crippen LogP contribution in [0.5, 0.6) is 5.75 Å². The van der Waals surface area contributed by atoms with Crippen molar-refractivity contribution in [1.29, 1.82) is 0 Å². The van der Waals surface area contributed by atoms with Gasteiger partial charge in [0.15, 0.2) is 11.5 Å². The number of nitrogens with zero attached hydrogens (tertiary/aromatic N) is 2. The average Bonchev–Trinajstić information content (AvgIpc) is 2.63. The van der Waals surface area contributed by atoms with Crippen molar-refractivity contribution >= 4 is 23.1 Å².